The van der Waals surface area contributed by atoms with Crippen molar-refractivity contribution in [3.8, 4) is 0 Å². The second-order valence-corrected chi connectivity index (χ2v) is 9.23. The molecular formula is C22H36ClIN7OPS. The Labute approximate surface area is 229 Å². The lowest BCUT2D eigenvalue weighted by Crippen LogP contribution is -2.42. The van der Waals surface area contributed by atoms with Gasteiger partial charge in [0.25, 0.3) is 0 Å². The first-order valence-electron chi connectivity index (χ1n) is 10.9. The molecule has 1 saturated heterocycles. The Balaban J connectivity index is 0.00000258. The Bertz CT molecular complexity index is 879. The van der Waals surface area contributed by atoms with E-state index in [2.05, 4.69) is 69.8 Å². The minimum atomic E-state index is -0.0379. The van der Waals surface area contributed by atoms with E-state index in [1.165, 1.54) is 4.78 Å². The second kappa shape index (κ2) is 19.0. The fraction of sp³-hybridized carbons (Fsp3) is 0.500. The number of rotatable bonds is 8. The first-order chi connectivity index (χ1) is 16.4. The molecule has 0 aliphatic carbocycles. The van der Waals surface area contributed by atoms with Crippen LogP contribution in [0.3, 0.4) is 0 Å². The van der Waals surface area contributed by atoms with E-state index in [0.29, 0.717) is 36.7 Å². The number of piperidine rings is 1. The second-order valence-electron chi connectivity index (χ2n) is 6.59. The van der Waals surface area contributed by atoms with Gasteiger partial charge in [-0.1, -0.05) is 38.4 Å². The van der Waals surface area contributed by atoms with Gasteiger partial charge in [-0.25, -0.2) is 4.78 Å². The van der Waals surface area contributed by atoms with Gasteiger partial charge in [0.1, 0.15) is 5.71 Å². The molecule has 0 aromatic carbocycles. The van der Waals surface area contributed by atoms with Crippen molar-refractivity contribution in [2.24, 2.45) is 21.0 Å². The van der Waals surface area contributed by atoms with Crippen molar-refractivity contribution in [3.05, 3.63) is 40.3 Å². The molecule has 34 heavy (non-hydrogen) atoms. The van der Waals surface area contributed by atoms with Gasteiger partial charge < -0.3 is 10.7 Å². The number of amides is 1. The summed E-state index contributed by atoms with van der Waals surface area (Å²) in [6, 6.07) is 3.96. The van der Waals surface area contributed by atoms with Crippen LogP contribution in [0.1, 0.15) is 58.3 Å². The average molecular weight is 640 g/mol. The molecule has 2 N–H and O–H groups in total. The van der Waals surface area contributed by atoms with Crippen molar-refractivity contribution < 1.29 is 4.79 Å². The van der Waals surface area contributed by atoms with Gasteiger partial charge in [-0.05, 0) is 60.2 Å². The van der Waals surface area contributed by atoms with Crippen LogP contribution in [0.15, 0.2) is 44.3 Å². The van der Waals surface area contributed by atoms with E-state index in [1.54, 1.807) is 19.4 Å². The highest BCUT2D eigenvalue weighted by Crippen LogP contribution is 2.26. The largest absolute Gasteiger partial charge is 0.363 e. The molecule has 0 spiro atoms. The van der Waals surface area contributed by atoms with Crippen LogP contribution in [0.4, 0.5) is 0 Å². The van der Waals surface area contributed by atoms with Crippen molar-refractivity contribution in [1.82, 2.24) is 14.7 Å². The quantitative estimate of drug-likeness (QED) is 0.0736. The first kappa shape index (κ1) is 32.8. The third kappa shape index (κ3) is 10.2. The smallest absolute Gasteiger partial charge is 0.233 e. The van der Waals surface area contributed by atoms with Gasteiger partial charge in [0.15, 0.2) is 0 Å². The molecule has 0 saturated carbocycles. The van der Waals surface area contributed by atoms with Gasteiger partial charge >= 0.3 is 0 Å². The summed E-state index contributed by atoms with van der Waals surface area (Å²) in [5, 5.41) is 8.76. The number of aliphatic imine (C=N–C) groups is 1. The normalized spacial score (nSPS) is 17.7. The Morgan fingerprint density at radius 1 is 1.44 bits per heavy atom. The predicted octanol–water partition coefficient (Wildman–Crippen LogP) is 5.60. The van der Waals surface area contributed by atoms with Crippen molar-refractivity contribution in [1.29, 1.82) is 0 Å². The number of hydrogen-bond donors (Lipinski definition) is 2. The van der Waals surface area contributed by atoms with Crippen LogP contribution in [0.2, 0.25) is 0 Å². The Hall–Kier alpha value is -1.23. The summed E-state index contributed by atoms with van der Waals surface area (Å²) >= 11 is 11.9. The number of thiol groups is 1. The lowest BCUT2D eigenvalue weighted by Gasteiger charge is -2.32. The van der Waals surface area contributed by atoms with Gasteiger partial charge in [0, 0.05) is 29.9 Å². The maximum atomic E-state index is 11.0. The van der Waals surface area contributed by atoms with Crippen molar-refractivity contribution in [3.63, 3.8) is 0 Å². The highest BCUT2D eigenvalue weighted by atomic mass is 127. The summed E-state index contributed by atoms with van der Waals surface area (Å²) in [6.45, 7) is 11.1. The number of aryl methyl sites for hydroxylation is 1. The molecular weight excluding hydrogens is 604 g/mol. The van der Waals surface area contributed by atoms with Crippen molar-refractivity contribution in [2.75, 3.05) is 19.3 Å². The van der Waals surface area contributed by atoms with E-state index in [9.17, 15) is 4.79 Å². The maximum Gasteiger partial charge on any atom is 0.233 e. The molecule has 0 radical (unpaired) electrons. The Morgan fingerprint density at radius 2 is 2.12 bits per heavy atom. The number of halogens is 2. The van der Waals surface area contributed by atoms with E-state index in [0.717, 1.165) is 29.1 Å². The highest BCUT2D eigenvalue weighted by molar-refractivity contribution is 14.2. The standard InChI is InChI=1S/C19H26ClIN7OP.C2H6.CH4S/c1-4-16-15(6-5-8-23-16)14(3)25-17-7-9-27(11-18(17)26-22)19(13(2)20)10-24-28(12-29)30-21;2*1-2/h5-6,8,10,12,14,30H,4,7,9,11,22H2,1-3H3;1-2H3;2H,1H3/b19-13-,24-10-,25-17?,26-18-;;. The topological polar surface area (TPSA) is 99.5 Å². The number of aromatic nitrogens is 1. The summed E-state index contributed by atoms with van der Waals surface area (Å²) in [5.74, 6) is 5.70. The number of likely N-dealkylation sites (tertiary alicyclic amines) is 1. The molecule has 2 unspecified atom stereocenters. The third-order valence-corrected chi connectivity index (χ3v) is 6.76. The number of carbonyl (C=O) groups excluding carboxylic acids is 1. The molecule has 8 nitrogen and oxygen atoms in total. The Morgan fingerprint density at radius 3 is 2.65 bits per heavy atom. The molecule has 1 aromatic rings. The number of allylic oxidation sites excluding steroid dienone is 2. The van der Waals surface area contributed by atoms with Crippen LogP contribution in [0.5, 0.6) is 0 Å². The summed E-state index contributed by atoms with van der Waals surface area (Å²) in [4.78, 5) is 22.4. The fourth-order valence-electron chi connectivity index (χ4n) is 3.20. The molecule has 190 valence electrons. The zero-order chi connectivity index (χ0) is 26.1. The highest BCUT2D eigenvalue weighted by Gasteiger charge is 2.24. The van der Waals surface area contributed by atoms with Crippen LogP contribution in [-0.2, 0) is 11.2 Å². The number of pyridine rings is 1. The summed E-state index contributed by atoms with van der Waals surface area (Å²) in [5.41, 5.74) is 4.49. The van der Waals surface area contributed by atoms with E-state index < -0.39 is 0 Å². The van der Waals surface area contributed by atoms with E-state index in [4.69, 9.17) is 22.4 Å². The van der Waals surface area contributed by atoms with Gasteiger partial charge in [-0.2, -0.15) is 22.8 Å². The molecule has 1 aliphatic rings. The van der Waals surface area contributed by atoms with E-state index >= 15 is 0 Å². The molecule has 2 atom stereocenters. The van der Waals surface area contributed by atoms with Crippen LogP contribution in [-0.4, -0.2) is 58.1 Å². The summed E-state index contributed by atoms with van der Waals surface area (Å²) in [6.07, 6.45) is 7.53. The van der Waals surface area contributed by atoms with Crippen LogP contribution >= 0.6 is 52.6 Å². The minimum Gasteiger partial charge on any atom is -0.363 e. The molecule has 0 bridgehead atoms. The molecule has 12 heteroatoms. The summed E-state index contributed by atoms with van der Waals surface area (Å²) in [7, 11) is 0. The molecule has 1 aliphatic heterocycles. The van der Waals surface area contributed by atoms with Crippen molar-refractivity contribution >= 4 is 76.7 Å². The zero-order valence-electron chi connectivity index (χ0n) is 20.7. The molecule has 1 amide bonds. The van der Waals surface area contributed by atoms with Crippen LogP contribution in [0, 0.1) is 0 Å². The van der Waals surface area contributed by atoms with Crippen LogP contribution < -0.4 is 5.84 Å². The fourth-order valence-corrected chi connectivity index (χ4v) is 4.22. The van der Waals surface area contributed by atoms with E-state index in [1.807, 2.05) is 31.0 Å². The van der Waals surface area contributed by atoms with Gasteiger partial charge in [-0.15, -0.1) is 0 Å². The summed E-state index contributed by atoms with van der Waals surface area (Å²) < 4.78 is 1.32. The van der Waals surface area contributed by atoms with Gasteiger partial charge in [0.05, 0.1) is 36.6 Å². The van der Waals surface area contributed by atoms with Gasteiger partial charge in [0.2, 0.25) is 6.41 Å². The zero-order valence-corrected chi connectivity index (χ0v) is 25.5. The molecule has 2 rings (SSSR count). The molecule has 2 heterocycles. The first-order valence-corrected chi connectivity index (χ1v) is 16.3. The SMILES string of the molecule is CC.CCc1ncccc1C(C)N=C1CCN(C(/C=N\N(C=O)PI)=C(/C)Cl)C/C1=N/N.CS. The van der Waals surface area contributed by atoms with Crippen molar-refractivity contribution in [2.45, 2.75) is 53.5 Å². The monoisotopic (exact) mass is 639 g/mol. The van der Waals surface area contributed by atoms with E-state index in [-0.39, 0.29) is 12.4 Å². The predicted molar refractivity (Wildman–Crippen MR) is 161 cm³/mol. The lowest BCUT2D eigenvalue weighted by atomic mass is 10.0. The third-order valence-electron chi connectivity index (χ3n) is 4.69. The molecule has 1 fully saturated rings. The number of nitrogens with zero attached hydrogens (tertiary/aromatic N) is 6. The van der Waals surface area contributed by atoms with Gasteiger partial charge in [-0.3, -0.25) is 14.8 Å². The number of nitrogens with two attached hydrogens (primary N) is 1. The number of hydrogen-bond acceptors (Lipinski definition) is 8. The minimum absolute atomic E-state index is 0.0379. The molecule has 1 aromatic heterocycles. The number of hydrazone groups is 2. The maximum absolute atomic E-state index is 11.0. The Kier molecular flexibility index (Phi) is 18.3. The number of carbonyl (C=O) groups is 1. The average Bonchev–Trinajstić information content (AvgIpc) is 2.89. The van der Waals surface area contributed by atoms with Crippen LogP contribution in [0.25, 0.3) is 0 Å². The lowest BCUT2D eigenvalue weighted by molar-refractivity contribution is -0.113.